The first-order valence-corrected chi connectivity index (χ1v) is 9.60. The molecule has 3 aromatic rings. The zero-order chi connectivity index (χ0) is 19.5. The van der Waals surface area contributed by atoms with E-state index in [0.29, 0.717) is 18.8 Å². The van der Waals surface area contributed by atoms with E-state index in [2.05, 4.69) is 52.5 Å². The van der Waals surface area contributed by atoms with Crippen LogP contribution in [0.5, 0.6) is 0 Å². The molecule has 1 aromatic heterocycles. The van der Waals surface area contributed by atoms with Gasteiger partial charge in [-0.25, -0.2) is 0 Å². The highest BCUT2D eigenvalue weighted by Crippen LogP contribution is 2.23. The topological polar surface area (TPSA) is 58.5 Å². The Morgan fingerprint density at radius 2 is 2.11 bits per heavy atom. The third-order valence-corrected chi connectivity index (χ3v) is 5.00. The lowest BCUT2D eigenvalue weighted by Crippen LogP contribution is -2.17. The van der Waals surface area contributed by atoms with Gasteiger partial charge in [0, 0.05) is 59.2 Å². The zero-order valence-corrected chi connectivity index (χ0v) is 16.4. The third-order valence-electron chi connectivity index (χ3n) is 5.00. The van der Waals surface area contributed by atoms with Gasteiger partial charge in [-0.3, -0.25) is 4.79 Å². The van der Waals surface area contributed by atoms with Crippen LogP contribution in [0.1, 0.15) is 15.9 Å². The molecule has 1 aliphatic rings. The van der Waals surface area contributed by atoms with E-state index < -0.39 is 0 Å². The van der Waals surface area contributed by atoms with Crippen molar-refractivity contribution < 1.29 is 9.53 Å². The molecule has 0 fully saturated rings. The summed E-state index contributed by atoms with van der Waals surface area (Å²) in [5.41, 5.74) is 4.66. The molecule has 0 aliphatic carbocycles. The molecule has 0 atom stereocenters. The van der Waals surface area contributed by atoms with Crippen molar-refractivity contribution in [3.8, 4) is 0 Å². The molecule has 0 saturated heterocycles. The Balaban J connectivity index is 1.50. The largest absolute Gasteiger partial charge is 0.382 e. The molecule has 6 heteroatoms. The van der Waals surface area contributed by atoms with Crippen LogP contribution in [-0.2, 0) is 17.9 Å². The molecule has 0 saturated carbocycles. The molecule has 0 unspecified atom stereocenters. The van der Waals surface area contributed by atoms with Crippen molar-refractivity contribution >= 4 is 28.2 Å². The smallest absolute Gasteiger partial charge is 0.255 e. The molecule has 1 amide bonds. The van der Waals surface area contributed by atoms with Crippen LogP contribution in [0.25, 0.3) is 10.9 Å². The van der Waals surface area contributed by atoms with Crippen LogP contribution >= 0.6 is 0 Å². The minimum atomic E-state index is -0.113. The fourth-order valence-corrected chi connectivity index (χ4v) is 3.45. The summed E-state index contributed by atoms with van der Waals surface area (Å²) in [6.07, 6.45) is 2.10. The van der Waals surface area contributed by atoms with Crippen molar-refractivity contribution in [3.63, 3.8) is 0 Å². The van der Waals surface area contributed by atoms with Gasteiger partial charge in [0.2, 0.25) is 0 Å². The molecule has 1 aliphatic heterocycles. The average Bonchev–Trinajstić information content (AvgIpc) is 2.93. The molecular formula is C22H26N4O2. The molecular weight excluding hydrogens is 352 g/mol. The SMILES string of the molecule is CN(C)CCn1ccc2cc(NC(=O)c3ccc4c(c3)COCCN4)ccc21. The molecule has 0 radical (unpaired) electrons. The number of aromatic nitrogens is 1. The van der Waals surface area contributed by atoms with Crippen LogP contribution in [0.3, 0.4) is 0 Å². The number of hydrogen-bond donors (Lipinski definition) is 2. The van der Waals surface area contributed by atoms with Crippen LogP contribution in [0, 0.1) is 0 Å². The van der Waals surface area contributed by atoms with Crippen molar-refractivity contribution in [2.24, 2.45) is 0 Å². The number of rotatable bonds is 5. The second-order valence-corrected chi connectivity index (χ2v) is 7.39. The van der Waals surface area contributed by atoms with E-state index in [4.69, 9.17) is 4.74 Å². The number of amides is 1. The number of ether oxygens (including phenoxy) is 1. The molecule has 4 rings (SSSR count). The summed E-state index contributed by atoms with van der Waals surface area (Å²) in [6.45, 7) is 3.90. The van der Waals surface area contributed by atoms with Crippen LogP contribution in [-0.4, -0.2) is 49.2 Å². The quantitative estimate of drug-likeness (QED) is 0.714. The molecule has 2 aromatic carbocycles. The summed E-state index contributed by atoms with van der Waals surface area (Å²) in [6, 6.07) is 13.8. The maximum absolute atomic E-state index is 12.7. The molecule has 2 N–H and O–H groups in total. The van der Waals surface area contributed by atoms with Crippen molar-refractivity contribution in [2.45, 2.75) is 13.2 Å². The third kappa shape index (κ3) is 4.03. The zero-order valence-electron chi connectivity index (χ0n) is 16.4. The van der Waals surface area contributed by atoms with Gasteiger partial charge in [-0.2, -0.15) is 0 Å². The Kier molecular flexibility index (Phi) is 5.32. The number of carbonyl (C=O) groups is 1. The second kappa shape index (κ2) is 8.04. The molecule has 2 heterocycles. The van der Waals surface area contributed by atoms with Crippen molar-refractivity contribution in [2.75, 3.05) is 44.4 Å². The van der Waals surface area contributed by atoms with Gasteiger partial charge in [0.25, 0.3) is 5.91 Å². The van der Waals surface area contributed by atoms with Gasteiger partial charge in [-0.05, 0) is 56.6 Å². The minimum absolute atomic E-state index is 0.113. The molecule has 146 valence electrons. The Morgan fingerprint density at radius 1 is 1.21 bits per heavy atom. The maximum atomic E-state index is 12.7. The Labute approximate surface area is 165 Å². The Hall–Kier alpha value is -2.83. The number of nitrogens with zero attached hydrogens (tertiary/aromatic N) is 2. The summed E-state index contributed by atoms with van der Waals surface area (Å²) >= 11 is 0. The first-order valence-electron chi connectivity index (χ1n) is 9.60. The van der Waals surface area contributed by atoms with Gasteiger partial charge in [0.15, 0.2) is 0 Å². The number of anilines is 2. The fourth-order valence-electron chi connectivity index (χ4n) is 3.45. The molecule has 6 nitrogen and oxygen atoms in total. The minimum Gasteiger partial charge on any atom is -0.382 e. The lowest BCUT2D eigenvalue weighted by Gasteiger charge is -2.12. The fraction of sp³-hybridized carbons (Fsp3) is 0.318. The summed E-state index contributed by atoms with van der Waals surface area (Å²) < 4.78 is 7.80. The number of nitrogens with one attached hydrogen (secondary N) is 2. The molecule has 28 heavy (non-hydrogen) atoms. The second-order valence-electron chi connectivity index (χ2n) is 7.39. The summed E-state index contributed by atoms with van der Waals surface area (Å²) in [5, 5.41) is 7.45. The number of carbonyl (C=O) groups excluding carboxylic acids is 1. The Bertz CT molecular complexity index is 993. The first kappa shape index (κ1) is 18.5. The number of hydrogen-bond acceptors (Lipinski definition) is 4. The highest BCUT2D eigenvalue weighted by molar-refractivity contribution is 6.05. The maximum Gasteiger partial charge on any atom is 0.255 e. The lowest BCUT2D eigenvalue weighted by molar-refractivity contribution is 0.102. The van der Waals surface area contributed by atoms with Gasteiger partial charge in [-0.15, -0.1) is 0 Å². The van der Waals surface area contributed by atoms with Gasteiger partial charge < -0.3 is 24.8 Å². The van der Waals surface area contributed by atoms with Crippen molar-refractivity contribution in [1.82, 2.24) is 9.47 Å². The van der Waals surface area contributed by atoms with Gasteiger partial charge in [-0.1, -0.05) is 0 Å². The van der Waals surface area contributed by atoms with Crippen LogP contribution < -0.4 is 10.6 Å². The highest BCUT2D eigenvalue weighted by Gasteiger charge is 2.13. The number of fused-ring (bicyclic) bond motifs is 2. The van der Waals surface area contributed by atoms with E-state index >= 15 is 0 Å². The van der Waals surface area contributed by atoms with Crippen molar-refractivity contribution in [3.05, 3.63) is 59.8 Å². The van der Waals surface area contributed by atoms with Crippen molar-refractivity contribution in [1.29, 1.82) is 0 Å². The normalized spacial score (nSPS) is 13.8. The highest BCUT2D eigenvalue weighted by atomic mass is 16.5. The van der Waals surface area contributed by atoms with E-state index in [1.165, 1.54) is 5.52 Å². The monoisotopic (exact) mass is 378 g/mol. The molecule has 0 bridgehead atoms. The average molecular weight is 378 g/mol. The van der Waals surface area contributed by atoms with E-state index in [1.54, 1.807) is 0 Å². The Morgan fingerprint density at radius 3 is 2.96 bits per heavy atom. The van der Waals surface area contributed by atoms with Gasteiger partial charge >= 0.3 is 0 Å². The van der Waals surface area contributed by atoms with Gasteiger partial charge in [0.1, 0.15) is 0 Å². The van der Waals surface area contributed by atoms with E-state index in [1.807, 2.05) is 30.3 Å². The van der Waals surface area contributed by atoms with Crippen LogP contribution in [0.2, 0.25) is 0 Å². The summed E-state index contributed by atoms with van der Waals surface area (Å²) in [4.78, 5) is 14.9. The summed E-state index contributed by atoms with van der Waals surface area (Å²) in [5.74, 6) is -0.113. The van der Waals surface area contributed by atoms with Crippen LogP contribution in [0.4, 0.5) is 11.4 Å². The van der Waals surface area contributed by atoms with E-state index in [0.717, 1.165) is 42.0 Å². The molecule has 0 spiro atoms. The lowest BCUT2D eigenvalue weighted by atomic mass is 10.1. The predicted octanol–water partition coefficient (Wildman–Crippen LogP) is 3.40. The number of benzene rings is 2. The van der Waals surface area contributed by atoms with E-state index in [9.17, 15) is 4.79 Å². The first-order chi connectivity index (χ1) is 13.6. The van der Waals surface area contributed by atoms with E-state index in [-0.39, 0.29) is 5.91 Å². The standard InChI is InChI=1S/C22H26N4O2/c1-25(2)10-11-26-9-7-16-14-19(4-6-21(16)26)24-22(27)17-3-5-20-18(13-17)15-28-12-8-23-20/h3-7,9,13-14,23H,8,10-12,15H2,1-2H3,(H,24,27). The number of likely N-dealkylation sites (N-methyl/N-ethyl adjacent to an activating group) is 1. The van der Waals surface area contributed by atoms with Gasteiger partial charge in [0.05, 0.1) is 13.2 Å². The van der Waals surface area contributed by atoms with Crippen LogP contribution in [0.15, 0.2) is 48.7 Å². The summed E-state index contributed by atoms with van der Waals surface area (Å²) in [7, 11) is 4.15. The predicted molar refractivity (Wildman–Crippen MR) is 113 cm³/mol.